The fraction of sp³-hybridized carbons (Fsp3) is 0.333. The Morgan fingerprint density at radius 1 is 1.04 bits per heavy atom. The summed E-state index contributed by atoms with van der Waals surface area (Å²) in [5, 5.41) is 0. The first kappa shape index (κ1) is 34.7. The van der Waals surface area contributed by atoms with Gasteiger partial charge in [-0.1, -0.05) is 23.8 Å². The Labute approximate surface area is 271 Å². The number of hydrogen-bond acceptors (Lipinski definition) is 6. The zero-order chi connectivity index (χ0) is 33.8. The van der Waals surface area contributed by atoms with Gasteiger partial charge in [-0.05, 0) is 130 Å². The van der Waals surface area contributed by atoms with Crippen LogP contribution in [0.4, 0.5) is 13.2 Å². The summed E-state index contributed by atoms with van der Waals surface area (Å²) in [6.45, 7) is 12.8. The first-order valence-electron chi connectivity index (χ1n) is 14.8. The molecule has 1 aliphatic heterocycles. The van der Waals surface area contributed by atoms with E-state index in [0.29, 0.717) is 52.8 Å². The quantitative estimate of drug-likeness (QED) is 0.127. The number of primary amides is 1. The number of thioether (sulfide) groups is 1. The summed E-state index contributed by atoms with van der Waals surface area (Å²) < 4.78 is 59.0. The van der Waals surface area contributed by atoms with E-state index in [1.54, 1.807) is 18.2 Å². The van der Waals surface area contributed by atoms with Crippen molar-refractivity contribution in [3.8, 4) is 28.4 Å². The molecule has 0 bridgehead atoms. The van der Waals surface area contributed by atoms with Crippen molar-refractivity contribution < 1.29 is 37.0 Å². The Bertz CT molecular complexity index is 1690. The van der Waals surface area contributed by atoms with Gasteiger partial charge in [-0.2, -0.15) is 13.2 Å². The van der Waals surface area contributed by atoms with E-state index in [2.05, 4.69) is 6.92 Å². The molecule has 1 heterocycles. The van der Waals surface area contributed by atoms with Gasteiger partial charge in [0.25, 0.3) is 5.91 Å². The van der Waals surface area contributed by atoms with Crippen LogP contribution >= 0.6 is 11.8 Å². The number of nitrogens with two attached hydrogens (primary N) is 1. The van der Waals surface area contributed by atoms with Crippen molar-refractivity contribution in [2.24, 2.45) is 5.73 Å². The molecule has 4 rings (SSSR count). The molecule has 6 nitrogen and oxygen atoms in total. The Kier molecular flexibility index (Phi) is 10.6. The maximum absolute atomic E-state index is 13.3. The molecule has 1 unspecified atom stereocenters. The number of allylic oxidation sites excluding steroid dienone is 1. The second-order valence-corrected chi connectivity index (χ2v) is 12.7. The lowest BCUT2D eigenvalue weighted by molar-refractivity contribution is -0.137. The summed E-state index contributed by atoms with van der Waals surface area (Å²) in [5.74, 6) is 1.34. The van der Waals surface area contributed by atoms with E-state index >= 15 is 0 Å². The van der Waals surface area contributed by atoms with Crippen molar-refractivity contribution in [3.05, 3.63) is 92.4 Å². The van der Waals surface area contributed by atoms with Crippen LogP contribution in [-0.2, 0) is 22.2 Å². The van der Waals surface area contributed by atoms with Gasteiger partial charge in [0.1, 0.15) is 36.1 Å². The molecule has 0 fully saturated rings. The number of alkyl halides is 3. The predicted molar refractivity (Wildman–Crippen MR) is 177 cm³/mol. The Morgan fingerprint density at radius 3 is 2.35 bits per heavy atom. The minimum absolute atomic E-state index is 0.0234. The van der Waals surface area contributed by atoms with E-state index in [4.69, 9.17) is 19.9 Å². The van der Waals surface area contributed by atoms with Crippen molar-refractivity contribution in [1.29, 1.82) is 0 Å². The molecule has 3 aromatic carbocycles. The maximum Gasteiger partial charge on any atom is 0.416 e. The van der Waals surface area contributed by atoms with Crippen LogP contribution in [0.15, 0.2) is 59.0 Å². The van der Waals surface area contributed by atoms with Crippen molar-refractivity contribution in [3.63, 3.8) is 0 Å². The monoisotopic (exact) mass is 653 g/mol. The zero-order valence-electron chi connectivity index (χ0n) is 26.8. The number of amides is 1. The lowest BCUT2D eigenvalue weighted by Crippen LogP contribution is -2.42. The van der Waals surface area contributed by atoms with Crippen LogP contribution in [0, 0.1) is 20.8 Å². The molecular weight excluding hydrogens is 615 g/mol. The van der Waals surface area contributed by atoms with Gasteiger partial charge in [-0.15, -0.1) is 0 Å². The standard InChI is InChI=1S/C36H38F3NO5S/c1-21(2)14-16-43-32-22(3)23(4)33-28(24(32)5)13-15-35(6,45-33)19-44-30-12-7-25(18-31(34(40)42)46-20-41)17-29(30)26-8-10-27(11-9-26)36(37,38)39/h7-12,14,17-18,20H,13,15-16,19H2,1-6H3,(H2,40,42)/b31-18-. The minimum atomic E-state index is -4.48. The van der Waals surface area contributed by atoms with Crippen LogP contribution in [0.5, 0.6) is 17.2 Å². The third-order valence-corrected chi connectivity index (χ3v) is 8.73. The number of benzene rings is 3. The number of halogens is 3. The van der Waals surface area contributed by atoms with Gasteiger partial charge in [-0.25, -0.2) is 0 Å². The summed E-state index contributed by atoms with van der Waals surface area (Å²) in [5.41, 5.74) is 11.3. The molecule has 1 aliphatic rings. The normalized spacial score (nSPS) is 16.2. The van der Waals surface area contributed by atoms with E-state index in [1.165, 1.54) is 23.8 Å². The largest absolute Gasteiger partial charge is 0.489 e. The van der Waals surface area contributed by atoms with Crippen LogP contribution in [0.1, 0.15) is 60.6 Å². The van der Waals surface area contributed by atoms with E-state index in [9.17, 15) is 22.8 Å². The van der Waals surface area contributed by atoms with Gasteiger partial charge in [0.15, 0.2) is 5.62 Å². The van der Waals surface area contributed by atoms with Gasteiger partial charge >= 0.3 is 6.18 Å². The summed E-state index contributed by atoms with van der Waals surface area (Å²) in [6, 6.07) is 9.80. The molecule has 244 valence electrons. The molecular formula is C36H38F3NO5S. The Morgan fingerprint density at radius 2 is 1.74 bits per heavy atom. The molecule has 0 saturated carbocycles. The molecule has 0 spiro atoms. The van der Waals surface area contributed by atoms with Crippen molar-refractivity contribution >= 4 is 29.4 Å². The lowest BCUT2D eigenvalue weighted by Gasteiger charge is -2.38. The molecule has 1 atom stereocenters. The number of hydrogen-bond donors (Lipinski definition) is 1. The average Bonchev–Trinajstić information content (AvgIpc) is 3.00. The Balaban J connectivity index is 1.65. The summed E-state index contributed by atoms with van der Waals surface area (Å²) in [6.07, 6.45) is 0.425. The molecule has 46 heavy (non-hydrogen) atoms. The van der Waals surface area contributed by atoms with E-state index < -0.39 is 23.2 Å². The Hall–Kier alpha value is -4.18. The van der Waals surface area contributed by atoms with Crippen LogP contribution in [0.25, 0.3) is 17.2 Å². The van der Waals surface area contributed by atoms with E-state index in [-0.39, 0.29) is 11.5 Å². The first-order valence-corrected chi connectivity index (χ1v) is 15.7. The smallest absolute Gasteiger partial charge is 0.416 e. The topological polar surface area (TPSA) is 87.9 Å². The molecule has 1 amide bonds. The van der Waals surface area contributed by atoms with E-state index in [0.717, 1.165) is 52.3 Å². The van der Waals surface area contributed by atoms with Crippen LogP contribution in [-0.4, -0.2) is 30.3 Å². The van der Waals surface area contributed by atoms with Crippen LogP contribution in [0.3, 0.4) is 0 Å². The molecule has 2 N–H and O–H groups in total. The van der Waals surface area contributed by atoms with Gasteiger partial charge < -0.3 is 19.9 Å². The zero-order valence-corrected chi connectivity index (χ0v) is 27.6. The number of carbonyl (C=O) groups is 2. The molecule has 10 heteroatoms. The maximum atomic E-state index is 13.3. The first-order chi connectivity index (χ1) is 21.6. The molecule has 3 aromatic rings. The highest BCUT2D eigenvalue weighted by Gasteiger charge is 2.36. The highest BCUT2D eigenvalue weighted by molar-refractivity contribution is 8.16. The lowest BCUT2D eigenvalue weighted by atomic mass is 9.87. The molecule has 0 aromatic heterocycles. The number of ether oxygens (including phenoxy) is 3. The summed E-state index contributed by atoms with van der Waals surface area (Å²) in [7, 11) is 0. The molecule has 0 aliphatic carbocycles. The third-order valence-electron chi connectivity index (χ3n) is 8.06. The minimum Gasteiger partial charge on any atom is -0.489 e. The van der Waals surface area contributed by atoms with Gasteiger partial charge in [0.05, 0.1) is 10.5 Å². The fourth-order valence-electron chi connectivity index (χ4n) is 5.32. The molecule has 0 radical (unpaired) electrons. The summed E-state index contributed by atoms with van der Waals surface area (Å²) >= 11 is 0.644. The number of fused-ring (bicyclic) bond motifs is 1. The highest BCUT2D eigenvalue weighted by Crippen LogP contribution is 2.44. The van der Waals surface area contributed by atoms with E-state index in [1.807, 2.05) is 40.7 Å². The second-order valence-electron chi connectivity index (χ2n) is 11.9. The van der Waals surface area contributed by atoms with Crippen LogP contribution < -0.4 is 19.9 Å². The van der Waals surface area contributed by atoms with Crippen molar-refractivity contribution in [2.75, 3.05) is 13.2 Å². The number of carbonyl (C=O) groups excluding carboxylic acids is 2. The predicted octanol–water partition coefficient (Wildman–Crippen LogP) is 8.55. The number of rotatable bonds is 11. The average molecular weight is 654 g/mol. The third kappa shape index (κ3) is 7.96. The fourth-order valence-corrected chi connectivity index (χ4v) is 5.74. The summed E-state index contributed by atoms with van der Waals surface area (Å²) in [4.78, 5) is 22.9. The highest BCUT2D eigenvalue weighted by atomic mass is 32.2. The van der Waals surface area contributed by atoms with Gasteiger partial charge in [0, 0.05) is 11.1 Å². The van der Waals surface area contributed by atoms with Crippen molar-refractivity contribution in [2.45, 2.75) is 66.2 Å². The SMILES string of the molecule is CC(C)=CCOc1c(C)c(C)c2c(c1C)CCC(C)(COc1ccc(/C=C(\SC=O)C(N)=O)cc1-c1ccc(C(F)(F)F)cc1)O2. The van der Waals surface area contributed by atoms with Gasteiger partial charge in [0.2, 0.25) is 0 Å². The van der Waals surface area contributed by atoms with Gasteiger partial charge in [-0.3, -0.25) is 9.59 Å². The van der Waals surface area contributed by atoms with Crippen molar-refractivity contribution in [1.82, 2.24) is 0 Å². The second kappa shape index (κ2) is 14.1. The molecule has 0 saturated heterocycles. The van der Waals surface area contributed by atoms with Crippen LogP contribution in [0.2, 0.25) is 0 Å².